The smallest absolute Gasteiger partial charge is 0.261 e. The van der Waals surface area contributed by atoms with Gasteiger partial charge in [-0.15, -0.1) is 11.3 Å². The molecule has 5 heteroatoms. The number of aryl methyl sites for hydroxylation is 1. The molecule has 2 heterocycles. The molecule has 0 radical (unpaired) electrons. The third kappa shape index (κ3) is 4.04. The number of benzene rings is 1. The lowest BCUT2D eigenvalue weighted by molar-refractivity contribution is 0.00890. The molecule has 128 valence electrons. The lowest BCUT2D eigenvalue weighted by Gasteiger charge is -2.38. The predicted molar refractivity (Wildman–Crippen MR) is 97.6 cm³/mol. The van der Waals surface area contributed by atoms with Crippen LogP contribution in [0.5, 0.6) is 0 Å². The minimum Gasteiger partial charge on any atom is -0.379 e. The zero-order chi connectivity index (χ0) is 16.9. The number of nitrogens with zero attached hydrogens (tertiary/aromatic N) is 1. The minimum absolute atomic E-state index is 0.00907. The van der Waals surface area contributed by atoms with E-state index in [1.54, 1.807) is 0 Å². The second-order valence-electron chi connectivity index (χ2n) is 6.18. The fourth-order valence-corrected chi connectivity index (χ4v) is 4.01. The SMILES string of the molecule is Cc1ccc(C(=O)N[C@@H](C)[C@H](c2ccccc2)N2CCOCC2)s1. The van der Waals surface area contributed by atoms with Gasteiger partial charge in [0.05, 0.1) is 24.1 Å². The van der Waals surface area contributed by atoms with Crippen molar-refractivity contribution in [1.29, 1.82) is 0 Å². The zero-order valence-electron chi connectivity index (χ0n) is 14.2. The molecule has 1 N–H and O–H groups in total. The van der Waals surface area contributed by atoms with E-state index in [1.807, 2.05) is 25.1 Å². The van der Waals surface area contributed by atoms with Gasteiger partial charge in [0.2, 0.25) is 0 Å². The van der Waals surface area contributed by atoms with Crippen LogP contribution in [0.25, 0.3) is 0 Å². The van der Waals surface area contributed by atoms with Gasteiger partial charge in [0.1, 0.15) is 0 Å². The summed E-state index contributed by atoms with van der Waals surface area (Å²) in [6, 6.07) is 14.5. The average molecular weight is 344 g/mol. The molecule has 1 aliphatic rings. The highest BCUT2D eigenvalue weighted by molar-refractivity contribution is 7.13. The normalized spacial score (nSPS) is 18.1. The van der Waals surface area contributed by atoms with Gasteiger partial charge in [-0.05, 0) is 31.5 Å². The van der Waals surface area contributed by atoms with Gasteiger partial charge in [-0.3, -0.25) is 9.69 Å². The Morgan fingerprint density at radius 3 is 2.50 bits per heavy atom. The number of ether oxygens (including phenoxy) is 1. The van der Waals surface area contributed by atoms with E-state index in [9.17, 15) is 4.79 Å². The van der Waals surface area contributed by atoms with E-state index >= 15 is 0 Å². The molecule has 1 saturated heterocycles. The van der Waals surface area contributed by atoms with Crippen molar-refractivity contribution in [2.75, 3.05) is 26.3 Å². The van der Waals surface area contributed by atoms with Gasteiger partial charge in [-0.1, -0.05) is 30.3 Å². The summed E-state index contributed by atoms with van der Waals surface area (Å²) in [5, 5.41) is 3.19. The highest BCUT2D eigenvalue weighted by atomic mass is 32.1. The predicted octanol–water partition coefficient (Wildman–Crippen LogP) is 3.25. The number of morpholine rings is 1. The fourth-order valence-electron chi connectivity index (χ4n) is 3.23. The van der Waals surface area contributed by atoms with Gasteiger partial charge >= 0.3 is 0 Å². The van der Waals surface area contributed by atoms with Crippen molar-refractivity contribution in [3.05, 3.63) is 57.8 Å². The molecule has 1 amide bonds. The quantitative estimate of drug-likeness (QED) is 0.905. The first kappa shape index (κ1) is 17.1. The van der Waals surface area contributed by atoms with Crippen molar-refractivity contribution in [3.63, 3.8) is 0 Å². The molecule has 1 aromatic heterocycles. The number of hydrogen-bond acceptors (Lipinski definition) is 4. The Hall–Kier alpha value is -1.69. The fraction of sp³-hybridized carbons (Fsp3) is 0.421. The molecule has 2 atom stereocenters. The monoisotopic (exact) mass is 344 g/mol. The Balaban J connectivity index is 1.77. The first-order valence-electron chi connectivity index (χ1n) is 8.39. The van der Waals surface area contributed by atoms with E-state index < -0.39 is 0 Å². The Labute approximate surface area is 147 Å². The van der Waals surface area contributed by atoms with Gasteiger partial charge in [0.25, 0.3) is 5.91 Å². The van der Waals surface area contributed by atoms with E-state index in [-0.39, 0.29) is 18.0 Å². The number of hydrogen-bond donors (Lipinski definition) is 1. The first-order valence-corrected chi connectivity index (χ1v) is 9.21. The molecule has 0 saturated carbocycles. The van der Waals surface area contributed by atoms with Gasteiger partial charge in [-0.2, -0.15) is 0 Å². The van der Waals surface area contributed by atoms with Crippen LogP contribution < -0.4 is 5.32 Å². The molecule has 2 aromatic rings. The van der Waals surface area contributed by atoms with E-state index in [2.05, 4.69) is 41.4 Å². The maximum absolute atomic E-state index is 12.5. The van der Waals surface area contributed by atoms with Crippen LogP contribution in [0.4, 0.5) is 0 Å². The topological polar surface area (TPSA) is 41.6 Å². The maximum atomic E-state index is 12.5. The number of thiophene rings is 1. The number of nitrogens with one attached hydrogen (secondary N) is 1. The van der Waals surface area contributed by atoms with E-state index in [1.165, 1.54) is 16.9 Å². The standard InChI is InChI=1S/C19H24N2O2S/c1-14-8-9-17(24-14)19(22)20-15(2)18(16-6-4-3-5-7-16)21-10-12-23-13-11-21/h3-9,15,18H,10-13H2,1-2H3,(H,20,22)/t15-,18+/m0/s1. The summed E-state index contributed by atoms with van der Waals surface area (Å²) in [5.41, 5.74) is 1.23. The highest BCUT2D eigenvalue weighted by Gasteiger charge is 2.29. The Morgan fingerprint density at radius 1 is 1.17 bits per heavy atom. The van der Waals surface area contributed by atoms with Crippen LogP contribution >= 0.6 is 11.3 Å². The summed E-state index contributed by atoms with van der Waals surface area (Å²) in [4.78, 5) is 16.9. The van der Waals surface area contributed by atoms with E-state index in [4.69, 9.17) is 4.74 Å². The van der Waals surface area contributed by atoms with Crippen LogP contribution in [-0.2, 0) is 4.74 Å². The number of rotatable bonds is 5. The third-order valence-corrected chi connectivity index (χ3v) is 5.38. The average Bonchev–Trinajstić information content (AvgIpc) is 3.04. The Kier molecular flexibility index (Phi) is 5.66. The minimum atomic E-state index is 0.00907. The van der Waals surface area contributed by atoms with Crippen molar-refractivity contribution in [2.45, 2.75) is 25.9 Å². The molecule has 1 fully saturated rings. The van der Waals surface area contributed by atoms with Crippen molar-refractivity contribution in [3.8, 4) is 0 Å². The summed E-state index contributed by atoms with van der Waals surface area (Å²) in [5.74, 6) is 0.00907. The van der Waals surface area contributed by atoms with E-state index in [0.29, 0.717) is 0 Å². The first-order chi connectivity index (χ1) is 11.6. The third-order valence-electron chi connectivity index (χ3n) is 4.38. The van der Waals surface area contributed by atoms with Crippen LogP contribution in [0.2, 0.25) is 0 Å². The molecular weight excluding hydrogens is 320 g/mol. The van der Waals surface area contributed by atoms with Crippen molar-refractivity contribution < 1.29 is 9.53 Å². The van der Waals surface area contributed by atoms with Crippen molar-refractivity contribution in [2.24, 2.45) is 0 Å². The Bertz CT molecular complexity index is 665. The number of carbonyl (C=O) groups is 1. The zero-order valence-corrected chi connectivity index (χ0v) is 15.0. The van der Waals surface area contributed by atoms with Gasteiger partial charge in [0, 0.05) is 24.0 Å². The van der Waals surface area contributed by atoms with Crippen LogP contribution in [0.15, 0.2) is 42.5 Å². The molecule has 24 heavy (non-hydrogen) atoms. The summed E-state index contributed by atoms with van der Waals surface area (Å²) in [6.45, 7) is 7.37. The van der Waals surface area contributed by atoms with Gasteiger partial charge < -0.3 is 10.1 Å². The highest BCUT2D eigenvalue weighted by Crippen LogP contribution is 2.26. The summed E-state index contributed by atoms with van der Waals surface area (Å²) >= 11 is 1.54. The Morgan fingerprint density at radius 2 is 1.88 bits per heavy atom. The molecule has 1 aromatic carbocycles. The maximum Gasteiger partial charge on any atom is 0.261 e. The molecule has 0 unspecified atom stereocenters. The summed E-state index contributed by atoms with van der Waals surface area (Å²) in [7, 11) is 0. The van der Waals surface area contributed by atoms with Crippen LogP contribution in [-0.4, -0.2) is 43.2 Å². The van der Waals surface area contributed by atoms with Gasteiger partial charge in [-0.25, -0.2) is 0 Å². The van der Waals surface area contributed by atoms with Crippen LogP contribution in [0.1, 0.15) is 33.1 Å². The van der Waals surface area contributed by atoms with Crippen LogP contribution in [0.3, 0.4) is 0 Å². The molecule has 0 spiro atoms. The number of carbonyl (C=O) groups excluding carboxylic acids is 1. The molecular formula is C19H24N2O2S. The van der Waals surface area contributed by atoms with Crippen LogP contribution in [0, 0.1) is 6.92 Å². The van der Waals surface area contributed by atoms with Crippen molar-refractivity contribution >= 4 is 17.2 Å². The van der Waals surface area contributed by atoms with E-state index in [0.717, 1.165) is 36.1 Å². The summed E-state index contributed by atoms with van der Waals surface area (Å²) in [6.07, 6.45) is 0. The second kappa shape index (κ2) is 7.92. The summed E-state index contributed by atoms with van der Waals surface area (Å²) < 4.78 is 5.49. The van der Waals surface area contributed by atoms with Gasteiger partial charge in [0.15, 0.2) is 0 Å². The molecule has 0 bridgehead atoms. The molecule has 3 rings (SSSR count). The number of amides is 1. The van der Waals surface area contributed by atoms with Crippen molar-refractivity contribution in [1.82, 2.24) is 10.2 Å². The lowest BCUT2D eigenvalue weighted by Crippen LogP contribution is -2.48. The second-order valence-corrected chi connectivity index (χ2v) is 7.46. The molecule has 1 aliphatic heterocycles. The largest absolute Gasteiger partial charge is 0.379 e. The lowest BCUT2D eigenvalue weighted by atomic mass is 9.98. The molecule has 4 nitrogen and oxygen atoms in total. The molecule has 0 aliphatic carbocycles.